The molecule has 3 rings (SSSR count). The molecule has 2 aliphatic rings. The number of likely N-dealkylation sites (N-methyl/N-ethyl adjacent to an activating group) is 1. The van der Waals surface area contributed by atoms with Gasteiger partial charge in [-0.15, -0.1) is 0 Å². The average molecular weight is 407 g/mol. The Hall–Kier alpha value is -1.83. The van der Waals surface area contributed by atoms with Crippen molar-refractivity contribution in [3.05, 3.63) is 23.8 Å². The maximum atomic E-state index is 12.9. The van der Waals surface area contributed by atoms with Gasteiger partial charge >= 0.3 is 0 Å². The first kappa shape index (κ1) is 21.9. The summed E-state index contributed by atoms with van der Waals surface area (Å²) >= 11 is 0. The molecule has 1 atom stereocenters. The highest BCUT2D eigenvalue weighted by molar-refractivity contribution is 5.94. The molecule has 2 heterocycles. The third kappa shape index (κ3) is 5.84. The van der Waals surface area contributed by atoms with Crippen LogP contribution in [0.25, 0.3) is 0 Å². The highest BCUT2D eigenvalue weighted by atomic mass is 16.6. The van der Waals surface area contributed by atoms with Crippen molar-refractivity contribution in [2.45, 2.75) is 44.9 Å². The minimum Gasteiger partial charge on any atom is -0.493 e. The molecule has 0 N–H and O–H groups in total. The molecule has 0 bridgehead atoms. The summed E-state index contributed by atoms with van der Waals surface area (Å²) in [6.45, 7) is 8.69. The van der Waals surface area contributed by atoms with Crippen LogP contribution in [-0.4, -0.2) is 87.6 Å². The van der Waals surface area contributed by atoms with E-state index < -0.39 is 0 Å². The lowest BCUT2D eigenvalue weighted by atomic mass is 10.1. The zero-order valence-corrected chi connectivity index (χ0v) is 18.1. The van der Waals surface area contributed by atoms with Crippen LogP contribution in [0.5, 0.6) is 11.5 Å². The molecule has 1 amide bonds. The maximum Gasteiger partial charge on any atom is 0.253 e. The summed E-state index contributed by atoms with van der Waals surface area (Å²) in [5.74, 6) is 1.22. The third-order valence-corrected chi connectivity index (χ3v) is 5.62. The second-order valence-corrected chi connectivity index (χ2v) is 8.07. The molecule has 0 spiro atoms. The second kappa shape index (κ2) is 10.3. The van der Waals surface area contributed by atoms with Crippen LogP contribution in [-0.2, 0) is 9.47 Å². The van der Waals surface area contributed by atoms with E-state index in [0.29, 0.717) is 49.5 Å². The van der Waals surface area contributed by atoms with E-state index in [0.717, 1.165) is 25.9 Å². The van der Waals surface area contributed by atoms with Crippen molar-refractivity contribution in [1.29, 1.82) is 0 Å². The predicted octanol–water partition coefficient (Wildman–Crippen LogP) is 2.43. The molecule has 1 unspecified atom stereocenters. The number of piperidine rings is 1. The van der Waals surface area contributed by atoms with Gasteiger partial charge in [0.25, 0.3) is 5.91 Å². The van der Waals surface area contributed by atoms with E-state index in [2.05, 4.69) is 18.7 Å². The molecule has 2 fully saturated rings. The molecule has 0 saturated carbocycles. The Labute approximate surface area is 173 Å². The zero-order valence-electron chi connectivity index (χ0n) is 18.1. The van der Waals surface area contributed by atoms with Gasteiger partial charge in [0.2, 0.25) is 0 Å². The fourth-order valence-electron chi connectivity index (χ4n) is 3.84. The number of ether oxygens (including phenoxy) is 4. The number of amides is 1. The van der Waals surface area contributed by atoms with Crippen molar-refractivity contribution in [1.82, 2.24) is 9.80 Å². The van der Waals surface area contributed by atoms with Gasteiger partial charge in [-0.25, -0.2) is 0 Å². The normalized spacial score (nSPS) is 21.2. The fourth-order valence-corrected chi connectivity index (χ4v) is 3.84. The molecule has 2 aliphatic heterocycles. The summed E-state index contributed by atoms with van der Waals surface area (Å²) < 4.78 is 22.8. The SMILES string of the molecule is COc1ccc(C(=O)N(C)CC2COCCO2)cc1OC1CCN(C(C)C)CC1. The summed E-state index contributed by atoms with van der Waals surface area (Å²) in [4.78, 5) is 17.0. The van der Waals surface area contributed by atoms with Crippen molar-refractivity contribution in [2.24, 2.45) is 0 Å². The lowest BCUT2D eigenvalue weighted by molar-refractivity contribution is -0.0933. The molecule has 0 aromatic heterocycles. The van der Waals surface area contributed by atoms with Crippen molar-refractivity contribution in [3.8, 4) is 11.5 Å². The number of hydrogen-bond donors (Lipinski definition) is 0. The number of likely N-dealkylation sites (tertiary alicyclic amines) is 1. The summed E-state index contributed by atoms with van der Waals surface area (Å²) in [6, 6.07) is 5.94. The Morgan fingerprint density at radius 2 is 2.00 bits per heavy atom. The van der Waals surface area contributed by atoms with Crippen molar-refractivity contribution in [2.75, 3.05) is 53.6 Å². The molecule has 162 valence electrons. The van der Waals surface area contributed by atoms with Gasteiger partial charge in [0.05, 0.1) is 33.0 Å². The number of carbonyl (C=O) groups excluding carboxylic acids is 1. The average Bonchev–Trinajstić information content (AvgIpc) is 2.74. The smallest absolute Gasteiger partial charge is 0.253 e. The minimum absolute atomic E-state index is 0.0682. The lowest BCUT2D eigenvalue weighted by Gasteiger charge is -2.34. The number of carbonyl (C=O) groups is 1. The van der Waals surface area contributed by atoms with Crippen LogP contribution in [0.1, 0.15) is 37.0 Å². The standard InChI is InChI=1S/C22H34N2O5/c1-16(2)24-9-7-18(8-10-24)29-21-13-17(5-6-20(21)26-4)22(25)23(3)14-19-15-27-11-12-28-19/h5-6,13,16,18-19H,7-12,14-15H2,1-4H3. The van der Waals surface area contributed by atoms with E-state index in [1.165, 1.54) is 0 Å². The minimum atomic E-state index is -0.0854. The van der Waals surface area contributed by atoms with E-state index in [1.807, 2.05) is 0 Å². The van der Waals surface area contributed by atoms with Crippen LogP contribution in [0.3, 0.4) is 0 Å². The Balaban J connectivity index is 1.64. The van der Waals surface area contributed by atoms with Gasteiger partial charge in [-0.2, -0.15) is 0 Å². The van der Waals surface area contributed by atoms with Crippen molar-refractivity contribution >= 4 is 5.91 Å². The summed E-state index contributed by atoms with van der Waals surface area (Å²) in [6.07, 6.45) is 1.99. The molecule has 1 aromatic carbocycles. The van der Waals surface area contributed by atoms with E-state index in [9.17, 15) is 4.79 Å². The Morgan fingerprint density at radius 1 is 1.24 bits per heavy atom. The van der Waals surface area contributed by atoms with Crippen molar-refractivity contribution < 1.29 is 23.7 Å². The van der Waals surface area contributed by atoms with Crippen LogP contribution in [0.2, 0.25) is 0 Å². The topological polar surface area (TPSA) is 60.5 Å². The first-order valence-corrected chi connectivity index (χ1v) is 10.5. The van der Waals surface area contributed by atoms with Gasteiger partial charge < -0.3 is 28.7 Å². The van der Waals surface area contributed by atoms with Crippen LogP contribution in [0, 0.1) is 0 Å². The number of benzene rings is 1. The number of hydrogen-bond acceptors (Lipinski definition) is 6. The van der Waals surface area contributed by atoms with Gasteiger partial charge in [0.1, 0.15) is 6.10 Å². The fraction of sp³-hybridized carbons (Fsp3) is 0.682. The Morgan fingerprint density at radius 3 is 2.62 bits per heavy atom. The largest absolute Gasteiger partial charge is 0.493 e. The molecule has 7 nitrogen and oxygen atoms in total. The molecule has 0 aliphatic carbocycles. The van der Waals surface area contributed by atoms with Gasteiger partial charge in [-0.1, -0.05) is 0 Å². The first-order chi connectivity index (χ1) is 14.0. The molecule has 2 saturated heterocycles. The van der Waals surface area contributed by atoms with Crippen LogP contribution in [0.4, 0.5) is 0 Å². The van der Waals surface area contributed by atoms with E-state index in [-0.39, 0.29) is 18.1 Å². The summed E-state index contributed by atoms with van der Waals surface area (Å²) in [5, 5.41) is 0. The van der Waals surface area contributed by atoms with Gasteiger partial charge in [0.15, 0.2) is 11.5 Å². The van der Waals surface area contributed by atoms with Gasteiger partial charge in [0, 0.05) is 38.3 Å². The molecule has 0 radical (unpaired) electrons. The first-order valence-electron chi connectivity index (χ1n) is 10.5. The van der Waals surface area contributed by atoms with Crippen molar-refractivity contribution in [3.63, 3.8) is 0 Å². The highest BCUT2D eigenvalue weighted by Gasteiger charge is 2.25. The highest BCUT2D eigenvalue weighted by Crippen LogP contribution is 2.31. The predicted molar refractivity (Wildman–Crippen MR) is 111 cm³/mol. The summed E-state index contributed by atoms with van der Waals surface area (Å²) in [5.41, 5.74) is 0.583. The summed E-state index contributed by atoms with van der Waals surface area (Å²) in [7, 11) is 3.41. The van der Waals surface area contributed by atoms with E-state index in [4.69, 9.17) is 18.9 Å². The van der Waals surface area contributed by atoms with Gasteiger partial charge in [-0.3, -0.25) is 4.79 Å². The van der Waals surface area contributed by atoms with E-state index in [1.54, 1.807) is 37.3 Å². The van der Waals surface area contributed by atoms with Crippen LogP contribution < -0.4 is 9.47 Å². The van der Waals surface area contributed by atoms with E-state index >= 15 is 0 Å². The number of nitrogens with zero attached hydrogens (tertiary/aromatic N) is 2. The zero-order chi connectivity index (χ0) is 20.8. The van der Waals surface area contributed by atoms with Crippen LogP contribution in [0.15, 0.2) is 18.2 Å². The molecule has 1 aromatic rings. The maximum absolute atomic E-state index is 12.9. The number of rotatable bonds is 7. The van der Waals surface area contributed by atoms with Crippen LogP contribution >= 0.6 is 0 Å². The number of methoxy groups -OCH3 is 1. The molecular formula is C22H34N2O5. The van der Waals surface area contributed by atoms with Gasteiger partial charge in [-0.05, 0) is 44.9 Å². The molecule has 7 heteroatoms. The second-order valence-electron chi connectivity index (χ2n) is 8.07. The lowest BCUT2D eigenvalue weighted by Crippen LogP contribution is -2.42. The molecular weight excluding hydrogens is 372 g/mol. The molecule has 29 heavy (non-hydrogen) atoms. The monoisotopic (exact) mass is 406 g/mol. The Kier molecular flexibility index (Phi) is 7.75. The Bertz CT molecular complexity index is 667. The quantitative estimate of drug-likeness (QED) is 0.693. The third-order valence-electron chi connectivity index (χ3n) is 5.62.